The van der Waals surface area contributed by atoms with Crippen LogP contribution in [0.2, 0.25) is 0 Å². The van der Waals surface area contributed by atoms with E-state index in [0.29, 0.717) is 17.6 Å². The molecule has 0 aromatic heterocycles. The first-order valence-electron chi connectivity index (χ1n) is 10.4. The van der Waals surface area contributed by atoms with Crippen molar-refractivity contribution in [1.82, 2.24) is 5.32 Å². The molecule has 1 N–H and O–H groups in total. The Morgan fingerprint density at radius 2 is 1.90 bits per heavy atom. The minimum absolute atomic E-state index is 0.179. The molecule has 0 saturated heterocycles. The van der Waals surface area contributed by atoms with E-state index in [-0.39, 0.29) is 17.6 Å². The van der Waals surface area contributed by atoms with Crippen LogP contribution in [-0.4, -0.2) is 26.0 Å². The van der Waals surface area contributed by atoms with Crippen molar-refractivity contribution in [2.75, 3.05) is 19.0 Å². The summed E-state index contributed by atoms with van der Waals surface area (Å²) in [4.78, 5) is 14.0. The smallest absolute Gasteiger partial charge is 0.250 e. The number of hydrogen-bond donors (Lipinski definition) is 1. The second-order valence-electron chi connectivity index (χ2n) is 8.25. The van der Waals surface area contributed by atoms with Gasteiger partial charge in [0, 0.05) is 24.9 Å². The van der Waals surface area contributed by atoms with E-state index in [1.165, 1.54) is 22.6 Å². The largest absolute Gasteiger partial charge is 0.317 e. The monoisotopic (exact) mass is 394 g/mol. The number of likely N-dealkylation sites (N-methyl/N-ethyl adjacent to an activating group) is 1. The van der Waals surface area contributed by atoms with Crippen LogP contribution in [0.15, 0.2) is 48.5 Å². The van der Waals surface area contributed by atoms with Gasteiger partial charge in [-0.15, -0.1) is 0 Å². The first-order valence-corrected chi connectivity index (χ1v) is 10.4. The average Bonchev–Trinajstić information content (AvgIpc) is 3.20. The van der Waals surface area contributed by atoms with Gasteiger partial charge < -0.3 is 10.2 Å². The molecule has 1 aliphatic carbocycles. The van der Waals surface area contributed by atoms with E-state index in [9.17, 15) is 9.18 Å². The van der Waals surface area contributed by atoms with Crippen LogP contribution < -0.4 is 10.2 Å². The molecule has 2 unspecified atom stereocenters. The summed E-state index contributed by atoms with van der Waals surface area (Å²) in [5.41, 5.74) is 3.56. The van der Waals surface area contributed by atoms with Crippen molar-refractivity contribution in [2.24, 2.45) is 0 Å². The van der Waals surface area contributed by atoms with Crippen molar-refractivity contribution in [1.29, 1.82) is 0 Å². The Morgan fingerprint density at radius 3 is 2.48 bits per heavy atom. The van der Waals surface area contributed by atoms with E-state index in [2.05, 4.69) is 31.3 Å². The summed E-state index contributed by atoms with van der Waals surface area (Å²) in [6, 6.07) is 13.8. The lowest BCUT2D eigenvalue weighted by Gasteiger charge is -2.18. The second-order valence-corrected chi connectivity index (χ2v) is 8.25. The maximum absolute atomic E-state index is 14.7. The van der Waals surface area contributed by atoms with Gasteiger partial charge >= 0.3 is 0 Å². The van der Waals surface area contributed by atoms with Gasteiger partial charge in [-0.2, -0.15) is 0 Å². The molecule has 1 aliphatic rings. The van der Waals surface area contributed by atoms with Crippen LogP contribution in [0.3, 0.4) is 0 Å². The number of carbonyl (C=O) groups is 1. The number of anilines is 1. The summed E-state index contributed by atoms with van der Waals surface area (Å²) in [5.74, 6) is 0.321. The highest BCUT2D eigenvalue weighted by molar-refractivity contribution is 6.03. The van der Waals surface area contributed by atoms with E-state index in [1.807, 2.05) is 31.3 Å². The number of nitrogens with zero attached hydrogens (tertiary/aromatic N) is 1. The first-order chi connectivity index (χ1) is 13.9. The average molecular weight is 395 g/mol. The molecule has 0 heterocycles. The predicted octanol–water partition coefficient (Wildman–Crippen LogP) is 5.48. The third-order valence-electron chi connectivity index (χ3n) is 6.00. The third-order valence-corrected chi connectivity index (χ3v) is 6.00. The minimum atomic E-state index is -0.225. The number of amides is 1. The van der Waals surface area contributed by atoms with Crippen molar-refractivity contribution in [3.8, 4) is 0 Å². The lowest BCUT2D eigenvalue weighted by molar-refractivity contribution is -0.113. The normalized spacial score (nSPS) is 19.2. The summed E-state index contributed by atoms with van der Waals surface area (Å²) < 4.78 is 14.7. The molecule has 1 fully saturated rings. The number of halogens is 1. The van der Waals surface area contributed by atoms with Crippen molar-refractivity contribution in [2.45, 2.75) is 51.0 Å². The predicted molar refractivity (Wildman–Crippen MR) is 119 cm³/mol. The Kier molecular flexibility index (Phi) is 6.86. The molecule has 4 heteroatoms. The molecule has 29 heavy (non-hydrogen) atoms. The van der Waals surface area contributed by atoms with Crippen LogP contribution in [0.5, 0.6) is 0 Å². The molecule has 2 aromatic carbocycles. The molecule has 0 bridgehead atoms. The highest BCUT2D eigenvalue weighted by atomic mass is 19.1. The molecule has 0 spiro atoms. The number of hydrogen-bond acceptors (Lipinski definition) is 2. The standard InChI is InChI=1S/C25H31FN2O/c1-17(2)19-8-5-18(6-9-19)7-14-25(29)28(4)22-12-13-23(24(26)16-22)20-10-11-21(15-20)27-3/h5-9,12-14,16-17,20-21,27H,10-11,15H2,1-4H3. The zero-order chi connectivity index (χ0) is 21.0. The number of carbonyl (C=O) groups excluding carboxylic acids is 1. The van der Waals surface area contributed by atoms with Gasteiger partial charge in [0.1, 0.15) is 5.82 Å². The zero-order valence-corrected chi connectivity index (χ0v) is 17.8. The molecule has 0 radical (unpaired) electrons. The van der Waals surface area contributed by atoms with Crippen LogP contribution in [0.1, 0.15) is 61.6 Å². The zero-order valence-electron chi connectivity index (χ0n) is 17.8. The molecular weight excluding hydrogens is 363 g/mol. The Balaban J connectivity index is 1.67. The summed E-state index contributed by atoms with van der Waals surface area (Å²) in [7, 11) is 3.63. The topological polar surface area (TPSA) is 32.3 Å². The van der Waals surface area contributed by atoms with Gasteiger partial charge in [-0.3, -0.25) is 4.79 Å². The molecule has 0 aliphatic heterocycles. The molecule has 1 saturated carbocycles. The lowest BCUT2D eigenvalue weighted by atomic mass is 9.96. The van der Waals surface area contributed by atoms with Gasteiger partial charge in [0.05, 0.1) is 0 Å². The van der Waals surface area contributed by atoms with Crippen LogP contribution in [-0.2, 0) is 4.79 Å². The fraction of sp³-hybridized carbons (Fsp3) is 0.400. The highest BCUT2D eigenvalue weighted by Crippen LogP contribution is 2.36. The van der Waals surface area contributed by atoms with Gasteiger partial charge in [0.25, 0.3) is 5.91 Å². The molecule has 1 amide bonds. The summed E-state index contributed by atoms with van der Waals surface area (Å²) in [5, 5.41) is 3.28. The quantitative estimate of drug-likeness (QED) is 0.658. The lowest BCUT2D eigenvalue weighted by Crippen LogP contribution is -2.24. The Morgan fingerprint density at radius 1 is 1.17 bits per heavy atom. The fourth-order valence-electron chi connectivity index (χ4n) is 3.98. The van der Waals surface area contributed by atoms with Gasteiger partial charge in [-0.1, -0.05) is 44.2 Å². The fourth-order valence-corrected chi connectivity index (χ4v) is 3.98. The van der Waals surface area contributed by atoms with Gasteiger partial charge in [-0.05, 0) is 73.0 Å². The van der Waals surface area contributed by atoms with Crippen molar-refractivity contribution in [3.63, 3.8) is 0 Å². The summed E-state index contributed by atoms with van der Waals surface area (Å²) in [6.07, 6.45) is 6.35. The maximum Gasteiger partial charge on any atom is 0.250 e. The molecule has 2 aromatic rings. The van der Waals surface area contributed by atoms with Gasteiger partial charge in [0.15, 0.2) is 0 Å². The van der Waals surface area contributed by atoms with Crippen LogP contribution in [0.25, 0.3) is 6.08 Å². The van der Waals surface area contributed by atoms with Crippen LogP contribution in [0.4, 0.5) is 10.1 Å². The number of rotatable bonds is 6. The van der Waals surface area contributed by atoms with Crippen LogP contribution >= 0.6 is 0 Å². The molecule has 3 nitrogen and oxygen atoms in total. The first kappa shape index (κ1) is 21.3. The van der Waals surface area contributed by atoms with E-state index in [0.717, 1.165) is 30.4 Å². The van der Waals surface area contributed by atoms with E-state index >= 15 is 0 Å². The maximum atomic E-state index is 14.7. The van der Waals surface area contributed by atoms with Gasteiger partial charge in [-0.25, -0.2) is 4.39 Å². The Bertz CT molecular complexity index is 873. The Labute approximate surface area is 173 Å². The minimum Gasteiger partial charge on any atom is -0.317 e. The Hall–Kier alpha value is -2.46. The van der Waals surface area contributed by atoms with Crippen LogP contribution in [0, 0.1) is 5.82 Å². The van der Waals surface area contributed by atoms with Crippen molar-refractivity contribution < 1.29 is 9.18 Å². The molecule has 154 valence electrons. The van der Waals surface area contributed by atoms with E-state index < -0.39 is 0 Å². The van der Waals surface area contributed by atoms with Crippen molar-refractivity contribution in [3.05, 3.63) is 71.0 Å². The summed E-state index contributed by atoms with van der Waals surface area (Å²) >= 11 is 0. The highest BCUT2D eigenvalue weighted by Gasteiger charge is 2.27. The molecule has 2 atom stereocenters. The second kappa shape index (κ2) is 9.36. The van der Waals surface area contributed by atoms with E-state index in [1.54, 1.807) is 13.1 Å². The number of benzene rings is 2. The molecule has 3 rings (SSSR count). The third kappa shape index (κ3) is 5.13. The summed E-state index contributed by atoms with van der Waals surface area (Å²) in [6.45, 7) is 4.30. The van der Waals surface area contributed by atoms with Gasteiger partial charge in [0.2, 0.25) is 0 Å². The van der Waals surface area contributed by atoms with E-state index in [4.69, 9.17) is 0 Å². The van der Waals surface area contributed by atoms with Crippen molar-refractivity contribution >= 4 is 17.7 Å². The molecular formula is C25H31FN2O. The number of nitrogens with one attached hydrogen (secondary N) is 1. The SMILES string of the molecule is CNC1CCC(c2ccc(N(C)C(=O)C=Cc3ccc(C(C)C)cc3)cc2F)C1.